The molecule has 1 rings (SSSR count). The zero-order valence-corrected chi connectivity index (χ0v) is 9.77. The summed E-state index contributed by atoms with van der Waals surface area (Å²) in [6, 6.07) is 4.01. The van der Waals surface area contributed by atoms with Crippen LogP contribution in [0.1, 0.15) is 22.8 Å². The molecule has 0 aliphatic heterocycles. The predicted octanol–water partition coefficient (Wildman–Crippen LogP) is 0.980. The van der Waals surface area contributed by atoms with Gasteiger partial charge in [-0.05, 0) is 25.5 Å². The number of aryl methyl sites for hydroxylation is 1. The molecule has 0 aliphatic carbocycles. The summed E-state index contributed by atoms with van der Waals surface area (Å²) in [6.07, 6.45) is 0. The summed E-state index contributed by atoms with van der Waals surface area (Å²) in [5.41, 5.74) is 6.37. The number of nitro groups is 1. The van der Waals surface area contributed by atoms with E-state index >= 15 is 0 Å². The molecule has 0 heterocycles. The Labute approximate surface area is 99.0 Å². The third-order valence-corrected chi connectivity index (χ3v) is 2.40. The van der Waals surface area contributed by atoms with Crippen LogP contribution in [0.5, 0.6) is 0 Å². The molecule has 1 amide bonds. The average molecular weight is 237 g/mol. The lowest BCUT2D eigenvalue weighted by Crippen LogP contribution is -2.38. The Balaban J connectivity index is 2.92. The van der Waals surface area contributed by atoms with Gasteiger partial charge in [0.1, 0.15) is 0 Å². The lowest BCUT2D eigenvalue weighted by atomic mass is 10.1. The van der Waals surface area contributed by atoms with Crippen molar-refractivity contribution in [3.05, 3.63) is 39.4 Å². The fourth-order valence-corrected chi connectivity index (χ4v) is 1.38. The van der Waals surface area contributed by atoms with E-state index in [0.29, 0.717) is 17.7 Å². The fourth-order valence-electron chi connectivity index (χ4n) is 1.38. The molecule has 1 aromatic rings. The van der Waals surface area contributed by atoms with E-state index in [1.54, 1.807) is 13.8 Å². The third kappa shape index (κ3) is 3.25. The van der Waals surface area contributed by atoms with Gasteiger partial charge in [-0.25, -0.2) is 0 Å². The van der Waals surface area contributed by atoms with Crippen molar-refractivity contribution in [3.63, 3.8) is 0 Å². The molecular weight excluding hydrogens is 222 g/mol. The summed E-state index contributed by atoms with van der Waals surface area (Å²) in [5.74, 6) is -0.268. The fraction of sp³-hybridized carbons (Fsp3) is 0.364. The van der Waals surface area contributed by atoms with Crippen LogP contribution in [0.3, 0.4) is 0 Å². The van der Waals surface area contributed by atoms with E-state index in [4.69, 9.17) is 5.73 Å². The minimum atomic E-state index is -0.489. The molecule has 92 valence electrons. The molecule has 0 fully saturated rings. The number of nitrogens with one attached hydrogen (secondary N) is 1. The van der Waals surface area contributed by atoms with Gasteiger partial charge in [-0.1, -0.05) is 0 Å². The Kier molecular flexibility index (Phi) is 4.17. The molecule has 0 aliphatic rings. The summed E-state index contributed by atoms with van der Waals surface area (Å²) in [7, 11) is 0. The second-order valence-electron chi connectivity index (χ2n) is 3.87. The van der Waals surface area contributed by atoms with E-state index in [0.717, 1.165) is 0 Å². The number of hydrogen-bond acceptors (Lipinski definition) is 4. The molecule has 0 saturated carbocycles. The highest BCUT2D eigenvalue weighted by atomic mass is 16.6. The Bertz CT molecular complexity index is 446. The van der Waals surface area contributed by atoms with E-state index in [1.165, 1.54) is 18.2 Å². The Morgan fingerprint density at radius 2 is 2.24 bits per heavy atom. The Hall–Kier alpha value is -1.95. The van der Waals surface area contributed by atoms with Gasteiger partial charge in [0.2, 0.25) is 0 Å². The second-order valence-corrected chi connectivity index (χ2v) is 3.87. The lowest BCUT2D eigenvalue weighted by molar-refractivity contribution is -0.384. The van der Waals surface area contributed by atoms with E-state index in [1.807, 2.05) is 0 Å². The number of nitrogens with two attached hydrogens (primary N) is 1. The number of non-ortho nitro benzene ring substituents is 1. The van der Waals surface area contributed by atoms with Crippen molar-refractivity contribution in [3.8, 4) is 0 Å². The van der Waals surface area contributed by atoms with Crippen LogP contribution in [0.15, 0.2) is 18.2 Å². The first kappa shape index (κ1) is 13.1. The van der Waals surface area contributed by atoms with Gasteiger partial charge in [-0.15, -0.1) is 0 Å². The largest absolute Gasteiger partial charge is 0.348 e. The molecule has 0 radical (unpaired) electrons. The normalized spacial score (nSPS) is 11.9. The molecule has 3 N–H and O–H groups in total. The molecule has 6 heteroatoms. The maximum atomic E-state index is 11.8. The van der Waals surface area contributed by atoms with Gasteiger partial charge in [-0.3, -0.25) is 14.9 Å². The topological polar surface area (TPSA) is 98.3 Å². The monoisotopic (exact) mass is 237 g/mol. The molecular formula is C11H15N3O3. The van der Waals surface area contributed by atoms with Crippen LogP contribution >= 0.6 is 0 Å². The first-order valence-corrected chi connectivity index (χ1v) is 5.21. The maximum Gasteiger partial charge on any atom is 0.269 e. The van der Waals surface area contributed by atoms with Crippen LogP contribution in [0, 0.1) is 17.0 Å². The van der Waals surface area contributed by atoms with Crippen LogP contribution in [0.4, 0.5) is 5.69 Å². The van der Waals surface area contributed by atoms with Crippen molar-refractivity contribution in [1.82, 2.24) is 5.32 Å². The predicted molar refractivity (Wildman–Crippen MR) is 63.8 cm³/mol. The first-order valence-electron chi connectivity index (χ1n) is 5.21. The number of nitro benzene ring substituents is 1. The average Bonchev–Trinajstić information content (AvgIpc) is 2.28. The van der Waals surface area contributed by atoms with E-state index in [-0.39, 0.29) is 17.6 Å². The minimum absolute atomic E-state index is 0.0223. The number of carbonyl (C=O) groups excluding carboxylic acids is 1. The highest BCUT2D eigenvalue weighted by molar-refractivity contribution is 5.96. The maximum absolute atomic E-state index is 11.8. The number of benzene rings is 1. The van der Waals surface area contributed by atoms with Crippen LogP contribution in [-0.4, -0.2) is 23.4 Å². The van der Waals surface area contributed by atoms with Gasteiger partial charge in [-0.2, -0.15) is 0 Å². The van der Waals surface area contributed by atoms with Crippen molar-refractivity contribution < 1.29 is 9.72 Å². The summed E-state index contributed by atoms with van der Waals surface area (Å²) in [4.78, 5) is 21.8. The molecule has 0 bridgehead atoms. The summed E-state index contributed by atoms with van der Waals surface area (Å²) in [5, 5.41) is 13.2. The van der Waals surface area contributed by atoms with Crippen molar-refractivity contribution in [2.75, 3.05) is 6.54 Å². The third-order valence-electron chi connectivity index (χ3n) is 2.40. The molecule has 6 nitrogen and oxygen atoms in total. The zero-order chi connectivity index (χ0) is 13.0. The molecule has 1 aromatic carbocycles. The molecule has 0 aromatic heterocycles. The van der Waals surface area contributed by atoms with Gasteiger partial charge < -0.3 is 11.1 Å². The molecule has 1 atom stereocenters. The zero-order valence-electron chi connectivity index (χ0n) is 9.77. The highest BCUT2D eigenvalue weighted by Gasteiger charge is 2.14. The van der Waals surface area contributed by atoms with Gasteiger partial charge in [0.05, 0.1) is 4.92 Å². The minimum Gasteiger partial charge on any atom is -0.348 e. The standard InChI is InChI=1S/C11H15N3O3/c1-7-5-9(14(16)17)3-4-10(7)11(15)13-8(2)6-12/h3-5,8H,6,12H2,1-2H3,(H,13,15). The van der Waals surface area contributed by atoms with Gasteiger partial charge >= 0.3 is 0 Å². The summed E-state index contributed by atoms with van der Waals surface area (Å²) < 4.78 is 0. The first-order chi connectivity index (χ1) is 7.95. The number of carbonyl (C=O) groups is 1. The van der Waals surface area contributed by atoms with Gasteiger partial charge in [0.25, 0.3) is 11.6 Å². The lowest BCUT2D eigenvalue weighted by Gasteiger charge is -2.12. The number of amides is 1. The Morgan fingerprint density at radius 1 is 1.59 bits per heavy atom. The summed E-state index contributed by atoms with van der Waals surface area (Å²) >= 11 is 0. The van der Waals surface area contributed by atoms with E-state index in [2.05, 4.69) is 5.32 Å². The van der Waals surface area contributed by atoms with E-state index < -0.39 is 4.92 Å². The van der Waals surface area contributed by atoms with Crippen molar-refractivity contribution in [1.29, 1.82) is 0 Å². The SMILES string of the molecule is Cc1cc([N+](=O)[O-])ccc1C(=O)NC(C)CN. The van der Waals surface area contributed by atoms with Gasteiger partial charge in [0, 0.05) is 30.3 Å². The van der Waals surface area contributed by atoms with Crippen LogP contribution < -0.4 is 11.1 Å². The molecule has 17 heavy (non-hydrogen) atoms. The second kappa shape index (κ2) is 5.40. The number of hydrogen-bond donors (Lipinski definition) is 2. The molecule has 0 saturated heterocycles. The quantitative estimate of drug-likeness (QED) is 0.602. The van der Waals surface area contributed by atoms with Crippen LogP contribution in [-0.2, 0) is 0 Å². The van der Waals surface area contributed by atoms with E-state index in [9.17, 15) is 14.9 Å². The molecule has 1 unspecified atom stereocenters. The number of nitrogens with zero attached hydrogens (tertiary/aromatic N) is 1. The van der Waals surface area contributed by atoms with Crippen LogP contribution in [0.25, 0.3) is 0 Å². The number of rotatable bonds is 4. The van der Waals surface area contributed by atoms with Crippen molar-refractivity contribution in [2.24, 2.45) is 5.73 Å². The van der Waals surface area contributed by atoms with Gasteiger partial charge in [0.15, 0.2) is 0 Å². The Morgan fingerprint density at radius 3 is 2.71 bits per heavy atom. The van der Waals surface area contributed by atoms with Crippen molar-refractivity contribution >= 4 is 11.6 Å². The highest BCUT2D eigenvalue weighted by Crippen LogP contribution is 2.17. The van der Waals surface area contributed by atoms with Crippen molar-refractivity contribution in [2.45, 2.75) is 19.9 Å². The van der Waals surface area contributed by atoms with Crippen LogP contribution in [0.2, 0.25) is 0 Å². The smallest absolute Gasteiger partial charge is 0.269 e. The summed E-state index contributed by atoms with van der Waals surface area (Å²) in [6.45, 7) is 3.80. The molecule has 0 spiro atoms.